The van der Waals surface area contributed by atoms with Gasteiger partial charge in [0.2, 0.25) is 0 Å². The fourth-order valence-corrected chi connectivity index (χ4v) is 7.27. The molecule has 7 rings (SSSR count). The van der Waals surface area contributed by atoms with Gasteiger partial charge in [-0.05, 0) is 67.5 Å². The van der Waals surface area contributed by atoms with Gasteiger partial charge in [-0.25, -0.2) is 9.55 Å². The molecule has 4 aliphatic heterocycles. The molecule has 0 spiro atoms. The van der Waals surface area contributed by atoms with E-state index < -0.39 is 17.4 Å². The molecule has 0 saturated carbocycles. The molecular weight excluding hydrogens is 496 g/mol. The molecule has 9 heteroatoms. The Kier molecular flexibility index (Phi) is 6.50. The van der Waals surface area contributed by atoms with E-state index in [1.807, 2.05) is 18.2 Å². The summed E-state index contributed by atoms with van der Waals surface area (Å²) in [4.78, 5) is 23.8. The SMILES string of the molecule is O=c1c2cc(N3CCN4CCC3CC4)ccc2nc(-c2cccc(Cl)c2)n1C(O)(O)C1CCSCC1. The van der Waals surface area contributed by atoms with Crippen LogP contribution < -0.4 is 10.5 Å². The lowest BCUT2D eigenvalue weighted by atomic mass is 9.97. The normalized spacial score (nSPS) is 23.2. The van der Waals surface area contributed by atoms with Crippen LogP contribution in [-0.2, 0) is 5.91 Å². The second-order valence-electron chi connectivity index (χ2n) is 10.1. The molecule has 0 radical (unpaired) electrons. The molecule has 36 heavy (non-hydrogen) atoms. The fourth-order valence-electron chi connectivity index (χ4n) is 5.97. The van der Waals surface area contributed by atoms with Crippen LogP contribution in [0.5, 0.6) is 0 Å². The summed E-state index contributed by atoms with van der Waals surface area (Å²) < 4.78 is 1.10. The van der Waals surface area contributed by atoms with E-state index in [1.54, 1.807) is 36.0 Å². The zero-order valence-corrected chi connectivity index (χ0v) is 21.7. The van der Waals surface area contributed by atoms with Crippen LogP contribution >= 0.6 is 23.4 Å². The zero-order valence-electron chi connectivity index (χ0n) is 20.1. The molecule has 2 bridgehead atoms. The van der Waals surface area contributed by atoms with Crippen molar-refractivity contribution in [3.63, 3.8) is 0 Å². The van der Waals surface area contributed by atoms with Crippen LogP contribution in [0.3, 0.4) is 0 Å². The Morgan fingerprint density at radius 1 is 0.972 bits per heavy atom. The molecule has 4 fully saturated rings. The van der Waals surface area contributed by atoms with Gasteiger partial charge in [-0.2, -0.15) is 11.8 Å². The van der Waals surface area contributed by atoms with Crippen LogP contribution in [0.25, 0.3) is 22.3 Å². The van der Waals surface area contributed by atoms with Gasteiger partial charge in [0.1, 0.15) is 5.82 Å². The predicted molar refractivity (Wildman–Crippen MR) is 146 cm³/mol. The summed E-state index contributed by atoms with van der Waals surface area (Å²) >= 11 is 8.06. The first-order chi connectivity index (χ1) is 17.4. The second kappa shape index (κ2) is 9.65. The van der Waals surface area contributed by atoms with Crippen LogP contribution in [0.15, 0.2) is 47.3 Å². The van der Waals surface area contributed by atoms with Crippen molar-refractivity contribution in [1.29, 1.82) is 0 Å². The lowest BCUT2D eigenvalue weighted by Crippen LogP contribution is -2.49. The molecule has 5 heterocycles. The van der Waals surface area contributed by atoms with Gasteiger partial charge in [-0.1, -0.05) is 23.7 Å². The van der Waals surface area contributed by atoms with Crippen LogP contribution in [0.2, 0.25) is 5.02 Å². The van der Waals surface area contributed by atoms with Gasteiger partial charge >= 0.3 is 0 Å². The van der Waals surface area contributed by atoms with Gasteiger partial charge < -0.3 is 20.0 Å². The predicted octanol–water partition coefficient (Wildman–Crippen LogP) is 3.74. The van der Waals surface area contributed by atoms with Gasteiger partial charge in [0.05, 0.1) is 10.9 Å². The Bertz CT molecular complexity index is 1330. The Morgan fingerprint density at radius 2 is 1.75 bits per heavy atom. The number of halogens is 1. The lowest BCUT2D eigenvalue weighted by molar-refractivity contribution is -0.268. The molecule has 2 aromatic carbocycles. The van der Waals surface area contributed by atoms with Crippen LogP contribution in [0.4, 0.5) is 5.69 Å². The number of piperidine rings is 1. The molecule has 0 amide bonds. The van der Waals surface area contributed by atoms with Crippen molar-refractivity contribution in [3.05, 3.63) is 57.8 Å². The maximum atomic E-state index is 14.1. The second-order valence-corrected chi connectivity index (χ2v) is 11.8. The fraction of sp³-hybridized carbons (Fsp3) is 0.481. The molecule has 1 aromatic heterocycles. The molecule has 3 aromatic rings. The van der Waals surface area contributed by atoms with Crippen molar-refractivity contribution in [2.24, 2.45) is 5.92 Å². The van der Waals surface area contributed by atoms with Crippen molar-refractivity contribution in [1.82, 2.24) is 14.5 Å². The van der Waals surface area contributed by atoms with Gasteiger partial charge in [0, 0.05) is 54.4 Å². The lowest BCUT2D eigenvalue weighted by Gasteiger charge is -2.36. The number of benzene rings is 2. The minimum absolute atomic E-state index is 0.215. The number of anilines is 1. The van der Waals surface area contributed by atoms with Crippen molar-refractivity contribution < 1.29 is 10.2 Å². The molecule has 0 atom stereocenters. The minimum atomic E-state index is -2.36. The van der Waals surface area contributed by atoms with Gasteiger partial charge in [0.15, 0.2) is 0 Å². The highest BCUT2D eigenvalue weighted by atomic mass is 35.5. The maximum Gasteiger partial charge on any atom is 0.265 e. The number of rotatable bonds is 4. The summed E-state index contributed by atoms with van der Waals surface area (Å²) in [5, 5.41) is 23.9. The van der Waals surface area contributed by atoms with E-state index >= 15 is 0 Å². The first-order valence-corrected chi connectivity index (χ1v) is 14.3. The van der Waals surface area contributed by atoms with Crippen molar-refractivity contribution in [2.45, 2.75) is 37.6 Å². The Hall–Kier alpha value is -2.10. The van der Waals surface area contributed by atoms with Crippen LogP contribution in [0, 0.1) is 5.92 Å². The Balaban J connectivity index is 1.53. The Morgan fingerprint density at radius 3 is 2.50 bits per heavy atom. The molecule has 0 aliphatic carbocycles. The highest BCUT2D eigenvalue weighted by Gasteiger charge is 2.41. The monoisotopic (exact) mass is 526 g/mol. The molecule has 2 N–H and O–H groups in total. The number of aromatic nitrogens is 2. The summed E-state index contributed by atoms with van der Waals surface area (Å²) in [6.07, 6.45) is 3.46. The molecule has 4 saturated heterocycles. The topological polar surface area (TPSA) is 81.8 Å². The van der Waals surface area contributed by atoms with E-state index in [-0.39, 0.29) is 5.82 Å². The molecule has 190 valence electrons. The molecule has 0 unspecified atom stereocenters. The third kappa shape index (κ3) is 4.33. The number of aliphatic hydroxyl groups is 2. The number of hydrogen-bond donors (Lipinski definition) is 2. The van der Waals surface area contributed by atoms with Crippen LogP contribution in [-0.4, -0.2) is 68.4 Å². The van der Waals surface area contributed by atoms with Crippen LogP contribution in [0.1, 0.15) is 25.7 Å². The summed E-state index contributed by atoms with van der Waals surface area (Å²) in [5.74, 6) is -0.957. The van der Waals surface area contributed by atoms with E-state index in [4.69, 9.17) is 16.6 Å². The number of hydrogen-bond acceptors (Lipinski definition) is 7. The average molecular weight is 527 g/mol. The molecule has 7 nitrogen and oxygen atoms in total. The number of fused-ring (bicyclic) bond motifs is 5. The largest absolute Gasteiger partial charge is 0.367 e. The quantitative estimate of drug-likeness (QED) is 0.501. The van der Waals surface area contributed by atoms with E-state index in [0.29, 0.717) is 40.4 Å². The summed E-state index contributed by atoms with van der Waals surface area (Å²) in [6, 6.07) is 13.3. The van der Waals surface area contributed by atoms with Gasteiger partial charge in [0.25, 0.3) is 11.5 Å². The minimum Gasteiger partial charge on any atom is -0.367 e. The molecule has 4 aliphatic rings. The number of nitrogens with zero attached hydrogens (tertiary/aromatic N) is 4. The zero-order chi connectivity index (χ0) is 24.9. The van der Waals surface area contributed by atoms with E-state index in [1.165, 1.54) is 0 Å². The van der Waals surface area contributed by atoms with Gasteiger partial charge in [-0.3, -0.25) is 4.79 Å². The maximum absolute atomic E-state index is 14.1. The Labute approximate surface area is 219 Å². The van der Waals surface area contributed by atoms with E-state index in [0.717, 1.165) is 60.8 Å². The standard InChI is InChI=1S/C27H31ClN4O3S/c28-20-3-1-2-18(16-20)25-29-24-5-4-22(31-13-12-30-10-6-21(31)7-11-30)17-23(24)26(33)32(25)27(34,35)19-8-14-36-15-9-19/h1-5,16-17,19,21,34-35H,6-15H2. The van der Waals surface area contributed by atoms with E-state index in [2.05, 4.69) is 9.80 Å². The van der Waals surface area contributed by atoms with Crippen molar-refractivity contribution in [2.75, 3.05) is 42.6 Å². The highest BCUT2D eigenvalue weighted by Crippen LogP contribution is 2.36. The van der Waals surface area contributed by atoms with Gasteiger partial charge in [-0.15, -0.1) is 0 Å². The third-order valence-corrected chi connectivity index (χ3v) is 9.30. The number of thioether (sulfide) groups is 1. The van der Waals surface area contributed by atoms with Crippen molar-refractivity contribution in [3.8, 4) is 11.4 Å². The smallest absolute Gasteiger partial charge is 0.265 e. The van der Waals surface area contributed by atoms with E-state index in [9.17, 15) is 15.0 Å². The highest BCUT2D eigenvalue weighted by molar-refractivity contribution is 7.99. The molecular formula is C27H31ClN4O3S. The first kappa shape index (κ1) is 24.2. The summed E-state index contributed by atoms with van der Waals surface area (Å²) in [6.45, 7) is 4.16. The first-order valence-electron chi connectivity index (χ1n) is 12.8. The summed E-state index contributed by atoms with van der Waals surface area (Å²) in [7, 11) is 0. The van der Waals surface area contributed by atoms with Crippen molar-refractivity contribution >= 4 is 40.0 Å². The average Bonchev–Trinajstić information content (AvgIpc) is 3.23. The third-order valence-electron chi connectivity index (χ3n) is 8.02. The summed E-state index contributed by atoms with van der Waals surface area (Å²) in [5.41, 5.74) is 1.66.